The summed E-state index contributed by atoms with van der Waals surface area (Å²) in [7, 11) is 1.35. The molecule has 0 amide bonds. The standard InChI is InChI=1S/C12H12ClFO2/c1-16-12(15)8-3-2-7-4-5-10(13)11(14)9(7)6-8/h4-5,8H,2-3,6H2,1H3. The van der Waals surface area contributed by atoms with Gasteiger partial charge in [0.25, 0.3) is 0 Å². The van der Waals surface area contributed by atoms with Gasteiger partial charge in [-0.2, -0.15) is 0 Å². The normalized spacial score (nSPS) is 19.1. The molecule has 0 spiro atoms. The molecule has 0 heterocycles. The van der Waals surface area contributed by atoms with Crippen molar-refractivity contribution in [1.29, 1.82) is 0 Å². The number of hydrogen-bond acceptors (Lipinski definition) is 2. The number of benzene rings is 1. The molecule has 2 nitrogen and oxygen atoms in total. The Morgan fingerprint density at radius 3 is 3.00 bits per heavy atom. The monoisotopic (exact) mass is 242 g/mol. The predicted molar refractivity (Wildman–Crippen MR) is 58.9 cm³/mol. The Hall–Kier alpha value is -1.09. The molecule has 0 fully saturated rings. The fourth-order valence-corrected chi connectivity index (χ4v) is 2.31. The summed E-state index contributed by atoms with van der Waals surface area (Å²) in [6.45, 7) is 0. The summed E-state index contributed by atoms with van der Waals surface area (Å²) >= 11 is 5.72. The lowest BCUT2D eigenvalue weighted by molar-refractivity contribution is -0.145. The summed E-state index contributed by atoms with van der Waals surface area (Å²) in [6.07, 6.45) is 1.79. The van der Waals surface area contributed by atoms with Gasteiger partial charge in [0.05, 0.1) is 18.1 Å². The van der Waals surface area contributed by atoms with Crippen molar-refractivity contribution in [2.24, 2.45) is 5.92 Å². The number of aryl methyl sites for hydroxylation is 1. The van der Waals surface area contributed by atoms with E-state index in [-0.39, 0.29) is 16.9 Å². The van der Waals surface area contributed by atoms with E-state index in [4.69, 9.17) is 11.6 Å². The molecule has 1 aromatic rings. The maximum Gasteiger partial charge on any atom is 0.309 e. The van der Waals surface area contributed by atoms with E-state index in [1.54, 1.807) is 6.07 Å². The van der Waals surface area contributed by atoms with E-state index in [1.165, 1.54) is 7.11 Å². The molecule has 0 aliphatic heterocycles. The number of esters is 1. The largest absolute Gasteiger partial charge is 0.469 e. The molecule has 0 N–H and O–H groups in total. The lowest BCUT2D eigenvalue weighted by atomic mass is 9.83. The maximum atomic E-state index is 13.7. The average Bonchev–Trinajstić information content (AvgIpc) is 2.32. The van der Waals surface area contributed by atoms with Crippen LogP contribution in [0.2, 0.25) is 5.02 Å². The first-order chi connectivity index (χ1) is 7.63. The Labute approximate surface area is 98.4 Å². The zero-order valence-electron chi connectivity index (χ0n) is 8.93. The number of carbonyl (C=O) groups excluding carboxylic acids is 1. The molecule has 4 heteroatoms. The Kier molecular flexibility index (Phi) is 3.15. The highest BCUT2D eigenvalue weighted by atomic mass is 35.5. The van der Waals surface area contributed by atoms with E-state index in [2.05, 4.69) is 4.74 Å². The molecule has 86 valence electrons. The van der Waals surface area contributed by atoms with Crippen molar-refractivity contribution in [2.75, 3.05) is 7.11 Å². The molecular formula is C12H12ClFO2. The third-order valence-corrected chi connectivity index (χ3v) is 3.33. The molecule has 16 heavy (non-hydrogen) atoms. The van der Waals surface area contributed by atoms with Crippen molar-refractivity contribution in [3.8, 4) is 0 Å². The van der Waals surface area contributed by atoms with Crippen molar-refractivity contribution in [3.63, 3.8) is 0 Å². The van der Waals surface area contributed by atoms with Crippen LogP contribution in [0.25, 0.3) is 0 Å². The van der Waals surface area contributed by atoms with Gasteiger partial charge in [0.2, 0.25) is 0 Å². The van der Waals surface area contributed by atoms with E-state index in [0.717, 1.165) is 5.56 Å². The third-order valence-electron chi connectivity index (χ3n) is 3.04. The first-order valence-corrected chi connectivity index (χ1v) is 5.55. The van der Waals surface area contributed by atoms with Crippen LogP contribution in [0.15, 0.2) is 12.1 Å². The number of methoxy groups -OCH3 is 1. The third kappa shape index (κ3) is 1.92. The first kappa shape index (κ1) is 11.4. The molecule has 0 aromatic heterocycles. The number of carbonyl (C=O) groups is 1. The van der Waals surface area contributed by atoms with Crippen molar-refractivity contribution < 1.29 is 13.9 Å². The summed E-state index contributed by atoms with van der Waals surface area (Å²) in [5.41, 5.74) is 1.51. The average molecular weight is 243 g/mol. The summed E-state index contributed by atoms with van der Waals surface area (Å²) in [5, 5.41) is 0.115. The van der Waals surface area contributed by atoms with E-state index in [9.17, 15) is 9.18 Å². The number of halogens is 2. The zero-order chi connectivity index (χ0) is 11.7. The Bertz CT molecular complexity index is 431. The number of hydrogen-bond donors (Lipinski definition) is 0. The minimum Gasteiger partial charge on any atom is -0.469 e. The minimum atomic E-state index is -0.396. The fraction of sp³-hybridized carbons (Fsp3) is 0.417. The van der Waals surface area contributed by atoms with Crippen LogP contribution in [0.5, 0.6) is 0 Å². The Morgan fingerprint density at radius 2 is 2.31 bits per heavy atom. The molecule has 1 aliphatic rings. The lowest BCUT2D eigenvalue weighted by Crippen LogP contribution is -2.24. The highest BCUT2D eigenvalue weighted by molar-refractivity contribution is 6.30. The second-order valence-corrected chi connectivity index (χ2v) is 4.37. The molecule has 2 rings (SSSR count). The van der Waals surface area contributed by atoms with Gasteiger partial charge < -0.3 is 4.74 Å². The van der Waals surface area contributed by atoms with Crippen molar-refractivity contribution in [2.45, 2.75) is 19.3 Å². The summed E-state index contributed by atoms with van der Waals surface area (Å²) in [4.78, 5) is 11.4. The minimum absolute atomic E-state index is 0.115. The van der Waals surface area contributed by atoms with Crippen LogP contribution in [0.4, 0.5) is 4.39 Å². The second kappa shape index (κ2) is 4.42. The molecular weight excluding hydrogens is 231 g/mol. The van der Waals surface area contributed by atoms with E-state index in [0.29, 0.717) is 24.8 Å². The van der Waals surface area contributed by atoms with E-state index < -0.39 is 5.82 Å². The van der Waals surface area contributed by atoms with E-state index >= 15 is 0 Å². The van der Waals surface area contributed by atoms with Gasteiger partial charge in [0, 0.05) is 0 Å². The van der Waals surface area contributed by atoms with Gasteiger partial charge in [0.15, 0.2) is 0 Å². The van der Waals surface area contributed by atoms with Gasteiger partial charge in [0.1, 0.15) is 5.82 Å². The van der Waals surface area contributed by atoms with Gasteiger partial charge >= 0.3 is 5.97 Å². The molecule has 1 unspecified atom stereocenters. The van der Waals surface area contributed by atoms with Crippen LogP contribution in [0.1, 0.15) is 17.5 Å². The van der Waals surface area contributed by atoms with Crippen molar-refractivity contribution >= 4 is 17.6 Å². The quantitative estimate of drug-likeness (QED) is 0.708. The molecule has 0 saturated carbocycles. The summed E-state index contributed by atoms with van der Waals surface area (Å²) < 4.78 is 18.4. The predicted octanol–water partition coefficient (Wildman–Crippen LogP) is 2.76. The van der Waals surface area contributed by atoms with Crippen LogP contribution >= 0.6 is 11.6 Å². The number of ether oxygens (including phenoxy) is 1. The van der Waals surface area contributed by atoms with Crippen LogP contribution in [-0.4, -0.2) is 13.1 Å². The van der Waals surface area contributed by atoms with Crippen LogP contribution in [0, 0.1) is 11.7 Å². The van der Waals surface area contributed by atoms with E-state index in [1.807, 2.05) is 6.07 Å². The Morgan fingerprint density at radius 1 is 1.56 bits per heavy atom. The van der Waals surface area contributed by atoms with Crippen molar-refractivity contribution in [3.05, 3.63) is 34.1 Å². The second-order valence-electron chi connectivity index (χ2n) is 3.96. The fourth-order valence-electron chi connectivity index (χ4n) is 2.13. The SMILES string of the molecule is COC(=O)C1CCc2ccc(Cl)c(F)c2C1. The van der Waals surface area contributed by atoms with Crippen molar-refractivity contribution in [1.82, 2.24) is 0 Å². The molecule has 1 atom stereocenters. The lowest BCUT2D eigenvalue weighted by Gasteiger charge is -2.23. The highest BCUT2D eigenvalue weighted by Crippen LogP contribution is 2.31. The van der Waals surface area contributed by atoms with Gasteiger partial charge in [-0.25, -0.2) is 4.39 Å². The molecule has 0 radical (unpaired) electrons. The van der Waals surface area contributed by atoms with Crippen LogP contribution < -0.4 is 0 Å². The van der Waals surface area contributed by atoms with Crippen LogP contribution in [-0.2, 0) is 22.4 Å². The maximum absolute atomic E-state index is 13.7. The molecule has 0 bridgehead atoms. The summed E-state index contributed by atoms with van der Waals surface area (Å²) in [6, 6.07) is 3.39. The van der Waals surface area contributed by atoms with Gasteiger partial charge in [-0.3, -0.25) is 4.79 Å². The highest BCUT2D eigenvalue weighted by Gasteiger charge is 2.27. The van der Waals surface area contributed by atoms with Gasteiger partial charge in [-0.05, 0) is 36.5 Å². The zero-order valence-corrected chi connectivity index (χ0v) is 9.68. The summed E-state index contributed by atoms with van der Waals surface area (Å²) in [5.74, 6) is -0.914. The smallest absolute Gasteiger partial charge is 0.309 e. The Balaban J connectivity index is 2.32. The van der Waals surface area contributed by atoms with Crippen LogP contribution in [0.3, 0.4) is 0 Å². The molecule has 1 aliphatic carbocycles. The van der Waals surface area contributed by atoms with Gasteiger partial charge in [-0.1, -0.05) is 17.7 Å². The van der Waals surface area contributed by atoms with Gasteiger partial charge in [-0.15, -0.1) is 0 Å². The number of fused-ring (bicyclic) bond motifs is 1. The topological polar surface area (TPSA) is 26.3 Å². The first-order valence-electron chi connectivity index (χ1n) is 5.17. The number of rotatable bonds is 1. The molecule has 0 saturated heterocycles. The molecule has 1 aromatic carbocycles.